The predicted octanol–water partition coefficient (Wildman–Crippen LogP) is 5.04. The van der Waals surface area contributed by atoms with Crippen molar-refractivity contribution in [3.8, 4) is 0 Å². The van der Waals surface area contributed by atoms with Crippen LogP contribution < -0.4 is 15.1 Å². The van der Waals surface area contributed by atoms with E-state index in [0.717, 1.165) is 38.5 Å². The Labute approximate surface area is 174 Å². The number of alkyl halides is 2. The van der Waals surface area contributed by atoms with Crippen LogP contribution in [0.15, 0.2) is 12.2 Å². The van der Waals surface area contributed by atoms with Gasteiger partial charge in [-0.1, -0.05) is 70.4 Å². The van der Waals surface area contributed by atoms with Crippen molar-refractivity contribution in [3.05, 3.63) is 12.2 Å². The highest BCUT2D eigenvalue weighted by molar-refractivity contribution is 7.50. The van der Waals surface area contributed by atoms with E-state index in [4.69, 9.17) is 0 Å². The van der Waals surface area contributed by atoms with E-state index in [1.165, 1.54) is 38.5 Å². The van der Waals surface area contributed by atoms with Gasteiger partial charge in [-0.2, -0.15) is 0 Å². The molecule has 0 aromatic carbocycles. The molecule has 0 unspecified atom stereocenters. The van der Waals surface area contributed by atoms with Crippen LogP contribution in [-0.4, -0.2) is 18.1 Å². The molecule has 0 heterocycles. The van der Waals surface area contributed by atoms with E-state index in [1.54, 1.807) is 0 Å². The van der Waals surface area contributed by atoms with Gasteiger partial charge in [0.05, 0.1) is 0 Å². The lowest BCUT2D eigenvalue weighted by molar-refractivity contribution is -0.333. The molecule has 1 N–H and O–H groups in total. The van der Waals surface area contributed by atoms with Crippen molar-refractivity contribution in [3.63, 3.8) is 0 Å². The Morgan fingerprint density at radius 3 is 1.90 bits per heavy atom. The molecule has 0 rings (SSSR count). The maximum atomic E-state index is 12.9. The fraction of sp³-hybridized carbons (Fsp3) is 0.857. The Balaban J connectivity index is 3.45. The first-order chi connectivity index (χ1) is 13.7. The van der Waals surface area contributed by atoms with Crippen molar-refractivity contribution < 1.29 is 27.9 Å². The van der Waals surface area contributed by atoms with E-state index >= 15 is 0 Å². The molecule has 172 valence electrons. The summed E-state index contributed by atoms with van der Waals surface area (Å²) in [5.41, 5.74) is -4.32. The van der Waals surface area contributed by atoms with Gasteiger partial charge >= 0.3 is 0 Å². The number of amides is 1. The quantitative estimate of drug-likeness (QED) is 0.174. The normalized spacial score (nSPS) is 12.6. The van der Waals surface area contributed by atoms with Crippen LogP contribution in [0.2, 0.25) is 0 Å². The van der Waals surface area contributed by atoms with Crippen molar-refractivity contribution in [1.82, 2.24) is 5.32 Å². The highest BCUT2D eigenvalue weighted by Crippen LogP contribution is 2.47. The van der Waals surface area contributed by atoms with Gasteiger partial charge in [0.1, 0.15) is 0 Å². The number of hydrogen-bond acceptors (Lipinski definition) is 4. The number of rotatable bonds is 19. The lowest BCUT2D eigenvalue weighted by atomic mass is 10.1. The molecule has 0 aromatic rings. The Hall–Kier alpha value is -0.780. The molecular weight excluding hydrogens is 399 g/mol. The van der Waals surface area contributed by atoms with Crippen LogP contribution in [0.1, 0.15) is 103 Å². The van der Waals surface area contributed by atoms with Gasteiger partial charge in [0.15, 0.2) is 0 Å². The Bertz CT molecular complexity index is 495. The predicted molar refractivity (Wildman–Crippen MR) is 110 cm³/mol. The molecular formula is C21H38F2NO4P-2. The first-order valence-corrected chi connectivity index (χ1v) is 12.6. The summed E-state index contributed by atoms with van der Waals surface area (Å²) in [5, 5.41) is 2.23. The van der Waals surface area contributed by atoms with Crippen molar-refractivity contribution in [2.45, 2.75) is 109 Å². The van der Waals surface area contributed by atoms with Crippen LogP contribution in [0.4, 0.5) is 8.78 Å². The summed E-state index contributed by atoms with van der Waals surface area (Å²) in [4.78, 5) is 32.2. The van der Waals surface area contributed by atoms with Gasteiger partial charge in [-0.05, 0) is 32.1 Å². The molecule has 0 aromatic heterocycles. The van der Waals surface area contributed by atoms with Crippen molar-refractivity contribution >= 4 is 13.5 Å². The molecule has 0 bridgehead atoms. The molecule has 0 fully saturated rings. The molecule has 29 heavy (non-hydrogen) atoms. The van der Waals surface area contributed by atoms with Gasteiger partial charge in [-0.25, -0.2) is 8.78 Å². The third-order valence-corrected chi connectivity index (χ3v) is 5.84. The molecule has 0 aliphatic rings. The van der Waals surface area contributed by atoms with E-state index < -0.39 is 32.1 Å². The summed E-state index contributed by atoms with van der Waals surface area (Å²) in [6.45, 7) is 1.70. The fourth-order valence-electron chi connectivity index (χ4n) is 2.93. The Morgan fingerprint density at radius 2 is 1.38 bits per heavy atom. The standard InChI is InChI=1S/C21H40F2NO4P/c1-2-3-4-5-6-7-8-9-10-11-12-13-14-15-16-17-20(25)24-19-18-21(22,23)29(26,27)28/h9-10H,2-8,11-19H2,1H3,(H,24,25)(H2,26,27,28)/p-2/b10-9-. The molecule has 0 atom stereocenters. The van der Waals surface area contributed by atoms with Crippen LogP contribution in [0.3, 0.4) is 0 Å². The minimum absolute atomic E-state index is 0.218. The summed E-state index contributed by atoms with van der Waals surface area (Å²) >= 11 is 0. The average molecular weight is 438 g/mol. The summed E-state index contributed by atoms with van der Waals surface area (Å²) in [6, 6.07) is 0. The zero-order chi connectivity index (χ0) is 22.0. The van der Waals surface area contributed by atoms with Crippen molar-refractivity contribution in [2.75, 3.05) is 6.54 Å². The third-order valence-electron chi connectivity index (χ3n) is 4.81. The number of halogens is 2. The van der Waals surface area contributed by atoms with Crippen LogP contribution in [-0.2, 0) is 9.36 Å². The lowest BCUT2D eigenvalue weighted by Crippen LogP contribution is -2.35. The molecule has 0 saturated carbocycles. The maximum Gasteiger partial charge on any atom is 0.273 e. The largest absolute Gasteiger partial charge is 0.807 e. The second-order valence-electron chi connectivity index (χ2n) is 7.60. The number of carbonyl (C=O) groups is 1. The number of allylic oxidation sites excluding steroid dienone is 2. The molecule has 1 amide bonds. The highest BCUT2D eigenvalue weighted by atomic mass is 31.2. The van der Waals surface area contributed by atoms with Gasteiger partial charge in [-0.15, -0.1) is 0 Å². The number of unbranched alkanes of at least 4 members (excludes halogenated alkanes) is 11. The molecule has 5 nitrogen and oxygen atoms in total. The van der Waals surface area contributed by atoms with Gasteiger partial charge in [0, 0.05) is 27.0 Å². The van der Waals surface area contributed by atoms with E-state index in [9.17, 15) is 27.9 Å². The Kier molecular flexibility index (Phi) is 16.5. The molecule has 0 saturated heterocycles. The highest BCUT2D eigenvalue weighted by Gasteiger charge is 2.32. The first-order valence-electron chi connectivity index (χ1n) is 11.0. The molecule has 0 aliphatic heterocycles. The van der Waals surface area contributed by atoms with Crippen LogP contribution in [0.5, 0.6) is 0 Å². The molecule has 0 spiro atoms. The summed E-state index contributed by atoms with van der Waals surface area (Å²) in [7, 11) is -5.97. The van der Waals surface area contributed by atoms with Gasteiger partial charge in [0.25, 0.3) is 5.66 Å². The topological polar surface area (TPSA) is 92.3 Å². The van der Waals surface area contributed by atoms with E-state index in [0.29, 0.717) is 6.42 Å². The third kappa shape index (κ3) is 16.7. The molecule has 0 radical (unpaired) electrons. The zero-order valence-corrected chi connectivity index (χ0v) is 18.7. The number of carbonyl (C=O) groups excluding carboxylic acids is 1. The van der Waals surface area contributed by atoms with E-state index in [-0.39, 0.29) is 6.42 Å². The van der Waals surface area contributed by atoms with E-state index in [2.05, 4.69) is 24.4 Å². The minimum Gasteiger partial charge on any atom is -0.807 e. The van der Waals surface area contributed by atoms with Crippen LogP contribution in [0.25, 0.3) is 0 Å². The zero-order valence-electron chi connectivity index (χ0n) is 17.8. The minimum atomic E-state index is -5.97. The molecule has 0 aliphatic carbocycles. The number of nitrogens with one attached hydrogen (secondary N) is 1. The van der Waals surface area contributed by atoms with Gasteiger partial charge in [0.2, 0.25) is 5.91 Å². The summed E-state index contributed by atoms with van der Waals surface area (Å²) < 4.78 is 36.2. The summed E-state index contributed by atoms with van der Waals surface area (Å²) in [6.07, 6.45) is 18.5. The average Bonchev–Trinajstić information content (AvgIpc) is 2.63. The second-order valence-corrected chi connectivity index (χ2v) is 9.25. The first kappa shape index (κ1) is 28.2. The lowest BCUT2D eigenvalue weighted by Gasteiger charge is -2.37. The maximum absolute atomic E-state index is 12.9. The molecule has 8 heteroatoms. The summed E-state index contributed by atoms with van der Waals surface area (Å²) in [5.74, 6) is -0.398. The van der Waals surface area contributed by atoms with Gasteiger partial charge < -0.3 is 19.7 Å². The van der Waals surface area contributed by atoms with E-state index in [1.807, 2.05) is 0 Å². The van der Waals surface area contributed by atoms with Crippen LogP contribution >= 0.6 is 7.60 Å². The van der Waals surface area contributed by atoms with Crippen molar-refractivity contribution in [2.24, 2.45) is 0 Å². The van der Waals surface area contributed by atoms with Crippen LogP contribution in [0, 0.1) is 0 Å². The smallest absolute Gasteiger partial charge is 0.273 e. The second kappa shape index (κ2) is 17.0. The SMILES string of the molecule is CCCCCCCC/C=C\CCCCCCCC(=O)NCCC(F)(F)P(=O)([O-])[O-]. The fourth-order valence-corrected chi connectivity index (χ4v) is 3.32. The Morgan fingerprint density at radius 1 is 0.897 bits per heavy atom. The van der Waals surface area contributed by atoms with Crippen molar-refractivity contribution in [1.29, 1.82) is 0 Å². The monoisotopic (exact) mass is 437 g/mol. The number of hydrogen-bond donors (Lipinski definition) is 1. The van der Waals surface area contributed by atoms with Gasteiger partial charge in [-0.3, -0.25) is 4.79 Å².